The summed E-state index contributed by atoms with van der Waals surface area (Å²) in [6.07, 6.45) is 1.11. The zero-order chi connectivity index (χ0) is 12.0. The molecule has 0 unspecified atom stereocenters. The highest BCUT2D eigenvalue weighted by atomic mass is 79.9. The fourth-order valence-electron chi connectivity index (χ4n) is 1.58. The van der Waals surface area contributed by atoms with Gasteiger partial charge >= 0.3 is 0 Å². The maximum Gasteiger partial charge on any atom is 0.123 e. The van der Waals surface area contributed by atoms with Gasteiger partial charge in [0, 0.05) is 16.6 Å². The van der Waals surface area contributed by atoms with Crippen LogP contribution in [-0.4, -0.2) is 31.4 Å². The Morgan fingerprint density at radius 2 is 2.19 bits per heavy atom. The summed E-state index contributed by atoms with van der Waals surface area (Å²) in [4.78, 5) is 2.28. The maximum absolute atomic E-state index is 5.34. The van der Waals surface area contributed by atoms with Gasteiger partial charge in [0.1, 0.15) is 5.75 Å². The Labute approximate surface area is 112 Å². The second-order valence-electron chi connectivity index (χ2n) is 3.77. The first-order valence-electron chi connectivity index (χ1n) is 5.29. The monoisotopic (exact) mass is 303 g/mol. The van der Waals surface area contributed by atoms with Gasteiger partial charge in [-0.1, -0.05) is 15.9 Å². The number of ether oxygens (including phenoxy) is 1. The maximum atomic E-state index is 5.34. The van der Waals surface area contributed by atoms with Crippen molar-refractivity contribution in [2.24, 2.45) is 0 Å². The van der Waals surface area contributed by atoms with Crippen molar-refractivity contribution in [2.45, 2.75) is 13.0 Å². The molecule has 0 spiro atoms. The van der Waals surface area contributed by atoms with E-state index in [1.165, 1.54) is 5.56 Å². The van der Waals surface area contributed by atoms with Crippen molar-refractivity contribution in [1.82, 2.24) is 4.90 Å². The van der Waals surface area contributed by atoms with Gasteiger partial charge in [-0.15, -0.1) is 0 Å². The normalized spacial score (nSPS) is 10.8. The van der Waals surface area contributed by atoms with E-state index in [-0.39, 0.29) is 0 Å². The van der Waals surface area contributed by atoms with Crippen LogP contribution >= 0.6 is 28.6 Å². The van der Waals surface area contributed by atoms with E-state index in [9.17, 15) is 0 Å². The molecule has 0 heterocycles. The standard InChI is InChI=1S/C12H18BrNOS/c1-14(6-3-7-16)9-10-8-11(13)4-5-12(10)15-2/h4-5,8,16H,3,6-7,9H2,1-2H3. The van der Waals surface area contributed by atoms with E-state index >= 15 is 0 Å². The highest BCUT2D eigenvalue weighted by Crippen LogP contribution is 2.23. The summed E-state index contributed by atoms with van der Waals surface area (Å²) in [7, 11) is 3.82. The van der Waals surface area contributed by atoms with Gasteiger partial charge in [-0.2, -0.15) is 12.6 Å². The van der Waals surface area contributed by atoms with Crippen LogP contribution in [0.4, 0.5) is 0 Å². The first-order chi connectivity index (χ1) is 7.67. The number of benzene rings is 1. The van der Waals surface area contributed by atoms with Gasteiger partial charge in [0.15, 0.2) is 0 Å². The summed E-state index contributed by atoms with van der Waals surface area (Å²) in [5.41, 5.74) is 1.21. The molecule has 1 aromatic rings. The lowest BCUT2D eigenvalue weighted by atomic mass is 10.2. The minimum absolute atomic E-state index is 0.899. The molecule has 0 bridgehead atoms. The lowest BCUT2D eigenvalue weighted by molar-refractivity contribution is 0.319. The van der Waals surface area contributed by atoms with E-state index in [1.807, 2.05) is 12.1 Å². The molecule has 4 heteroatoms. The van der Waals surface area contributed by atoms with E-state index in [1.54, 1.807) is 7.11 Å². The Morgan fingerprint density at radius 1 is 1.44 bits per heavy atom. The van der Waals surface area contributed by atoms with E-state index in [0.29, 0.717) is 0 Å². The van der Waals surface area contributed by atoms with Crippen LogP contribution in [0.3, 0.4) is 0 Å². The van der Waals surface area contributed by atoms with Gasteiger partial charge in [0.25, 0.3) is 0 Å². The molecule has 90 valence electrons. The SMILES string of the molecule is COc1ccc(Br)cc1CN(C)CCCS. The zero-order valence-electron chi connectivity index (χ0n) is 9.74. The van der Waals surface area contributed by atoms with Crippen LogP contribution in [0.25, 0.3) is 0 Å². The van der Waals surface area contributed by atoms with Gasteiger partial charge < -0.3 is 9.64 Å². The average molecular weight is 304 g/mol. The molecule has 1 aromatic carbocycles. The van der Waals surface area contributed by atoms with Gasteiger partial charge in [0.05, 0.1) is 7.11 Å². The Balaban J connectivity index is 2.67. The van der Waals surface area contributed by atoms with Gasteiger partial charge in [-0.05, 0) is 44.0 Å². The number of hydrogen-bond acceptors (Lipinski definition) is 3. The minimum Gasteiger partial charge on any atom is -0.496 e. The molecule has 0 N–H and O–H groups in total. The molecule has 16 heavy (non-hydrogen) atoms. The summed E-state index contributed by atoms with van der Waals surface area (Å²) < 4.78 is 6.43. The van der Waals surface area contributed by atoms with Crippen molar-refractivity contribution >= 4 is 28.6 Å². The van der Waals surface area contributed by atoms with Crippen LogP contribution in [0.5, 0.6) is 5.75 Å². The predicted molar refractivity (Wildman–Crippen MR) is 75.5 cm³/mol. The number of rotatable bonds is 6. The van der Waals surface area contributed by atoms with Crippen LogP contribution in [0.2, 0.25) is 0 Å². The number of thiol groups is 1. The van der Waals surface area contributed by atoms with Crippen LogP contribution < -0.4 is 4.74 Å². The van der Waals surface area contributed by atoms with Gasteiger partial charge in [-0.3, -0.25) is 0 Å². The highest BCUT2D eigenvalue weighted by Gasteiger charge is 2.06. The van der Waals surface area contributed by atoms with E-state index in [4.69, 9.17) is 4.74 Å². The third-order valence-electron chi connectivity index (χ3n) is 2.38. The fraction of sp³-hybridized carbons (Fsp3) is 0.500. The number of nitrogens with zero attached hydrogens (tertiary/aromatic N) is 1. The molecule has 0 aliphatic carbocycles. The molecule has 0 radical (unpaired) electrons. The summed E-state index contributed by atoms with van der Waals surface area (Å²) in [6.45, 7) is 1.95. The fourth-order valence-corrected chi connectivity index (χ4v) is 2.13. The van der Waals surface area contributed by atoms with Crippen molar-refractivity contribution in [3.8, 4) is 5.75 Å². The van der Waals surface area contributed by atoms with Crippen molar-refractivity contribution in [3.05, 3.63) is 28.2 Å². The minimum atomic E-state index is 0.899. The molecule has 2 nitrogen and oxygen atoms in total. The Bertz CT molecular complexity index is 333. The second kappa shape index (κ2) is 7.20. The molecule has 0 amide bonds. The van der Waals surface area contributed by atoms with E-state index in [2.05, 4.69) is 46.6 Å². The van der Waals surface area contributed by atoms with Gasteiger partial charge in [0.2, 0.25) is 0 Å². The number of methoxy groups -OCH3 is 1. The van der Waals surface area contributed by atoms with Crippen LogP contribution in [0, 0.1) is 0 Å². The molecule has 0 atom stereocenters. The lowest BCUT2D eigenvalue weighted by Crippen LogP contribution is -2.19. The second-order valence-corrected chi connectivity index (χ2v) is 5.13. The summed E-state index contributed by atoms with van der Waals surface area (Å²) in [6, 6.07) is 6.10. The molecule has 0 saturated heterocycles. The summed E-state index contributed by atoms with van der Waals surface area (Å²) >= 11 is 7.70. The van der Waals surface area contributed by atoms with E-state index in [0.717, 1.165) is 35.5 Å². The quantitative estimate of drug-likeness (QED) is 0.810. The third kappa shape index (κ3) is 4.36. The first kappa shape index (κ1) is 13.9. The van der Waals surface area contributed by atoms with Crippen molar-refractivity contribution in [2.75, 3.05) is 26.5 Å². The third-order valence-corrected chi connectivity index (χ3v) is 3.19. The van der Waals surface area contributed by atoms with Crippen molar-refractivity contribution in [3.63, 3.8) is 0 Å². The van der Waals surface area contributed by atoms with E-state index < -0.39 is 0 Å². The summed E-state index contributed by atoms with van der Waals surface area (Å²) in [5, 5.41) is 0. The molecule has 0 aliphatic heterocycles. The van der Waals surface area contributed by atoms with Crippen LogP contribution in [0.15, 0.2) is 22.7 Å². The molecule has 1 rings (SSSR count). The predicted octanol–water partition coefficient (Wildman–Crippen LogP) is 3.21. The molecular formula is C12H18BrNOS. The first-order valence-corrected chi connectivity index (χ1v) is 6.71. The molecular weight excluding hydrogens is 286 g/mol. The average Bonchev–Trinajstić information content (AvgIpc) is 2.27. The largest absolute Gasteiger partial charge is 0.496 e. The molecule has 0 aliphatic rings. The lowest BCUT2D eigenvalue weighted by Gasteiger charge is -2.18. The Hall–Kier alpha value is -0.190. The summed E-state index contributed by atoms with van der Waals surface area (Å²) in [5.74, 6) is 1.88. The molecule has 0 fully saturated rings. The van der Waals surface area contributed by atoms with Gasteiger partial charge in [-0.25, -0.2) is 0 Å². The molecule has 0 saturated carbocycles. The smallest absolute Gasteiger partial charge is 0.123 e. The van der Waals surface area contributed by atoms with Crippen molar-refractivity contribution in [1.29, 1.82) is 0 Å². The highest BCUT2D eigenvalue weighted by molar-refractivity contribution is 9.10. The number of halogens is 1. The number of hydrogen-bond donors (Lipinski definition) is 1. The molecule has 0 aromatic heterocycles. The zero-order valence-corrected chi connectivity index (χ0v) is 12.2. The topological polar surface area (TPSA) is 12.5 Å². The van der Waals surface area contributed by atoms with Crippen molar-refractivity contribution < 1.29 is 4.74 Å². The van der Waals surface area contributed by atoms with Crippen LogP contribution in [-0.2, 0) is 6.54 Å². The Morgan fingerprint density at radius 3 is 2.81 bits per heavy atom. The van der Waals surface area contributed by atoms with Crippen LogP contribution in [0.1, 0.15) is 12.0 Å². The Kier molecular flexibility index (Phi) is 6.24.